The number of likely N-dealkylation sites (tertiary alicyclic amines) is 1. The van der Waals surface area contributed by atoms with Crippen molar-refractivity contribution in [1.82, 2.24) is 4.90 Å². The highest BCUT2D eigenvalue weighted by molar-refractivity contribution is 4.70. The molecule has 1 heterocycles. The molecule has 0 amide bonds. The highest BCUT2D eigenvalue weighted by Gasteiger charge is 2.14. The first kappa shape index (κ1) is 8.96. The van der Waals surface area contributed by atoms with Gasteiger partial charge in [0, 0.05) is 6.04 Å². The minimum atomic E-state index is 0.847. The molecule has 0 N–H and O–H groups in total. The lowest BCUT2D eigenvalue weighted by Crippen LogP contribution is -2.20. The van der Waals surface area contributed by atoms with E-state index in [-0.39, 0.29) is 0 Å². The molecule has 0 aromatic rings. The summed E-state index contributed by atoms with van der Waals surface area (Å²) in [7, 11) is 2.19. The van der Waals surface area contributed by atoms with Crippen LogP contribution in [0.5, 0.6) is 0 Å². The topological polar surface area (TPSA) is 3.24 Å². The van der Waals surface area contributed by atoms with Gasteiger partial charge in [0.2, 0.25) is 0 Å². The van der Waals surface area contributed by atoms with E-state index >= 15 is 0 Å². The summed E-state index contributed by atoms with van der Waals surface area (Å²) in [4.78, 5) is 2.40. The van der Waals surface area contributed by atoms with Crippen LogP contribution in [0.2, 0.25) is 0 Å². The molecule has 0 aromatic heterocycles. The summed E-state index contributed by atoms with van der Waals surface area (Å²) < 4.78 is 0. The zero-order chi connectivity index (χ0) is 7.28. The normalized spacial score (nSPS) is 27.3. The predicted octanol–water partition coefficient (Wildman–Crippen LogP) is 2.13. The van der Waals surface area contributed by atoms with Gasteiger partial charge in [0.25, 0.3) is 0 Å². The fraction of sp³-hybridized carbons (Fsp3) is 1.00. The van der Waals surface area contributed by atoms with E-state index in [1.165, 1.54) is 19.4 Å². The van der Waals surface area contributed by atoms with E-state index in [1.807, 2.05) is 13.8 Å². The van der Waals surface area contributed by atoms with Crippen LogP contribution in [0.15, 0.2) is 0 Å². The predicted molar refractivity (Wildman–Crippen MR) is 42.7 cm³/mol. The second kappa shape index (κ2) is 4.80. The number of rotatable bonds is 0. The summed E-state index contributed by atoms with van der Waals surface area (Å²) in [6.45, 7) is 7.59. The van der Waals surface area contributed by atoms with Gasteiger partial charge in [0.1, 0.15) is 0 Å². The van der Waals surface area contributed by atoms with Crippen LogP contribution >= 0.6 is 0 Å². The molecule has 0 spiro atoms. The van der Waals surface area contributed by atoms with Crippen molar-refractivity contribution in [2.45, 2.75) is 39.7 Å². The quantitative estimate of drug-likeness (QED) is 0.484. The van der Waals surface area contributed by atoms with Gasteiger partial charge in [0.15, 0.2) is 0 Å². The van der Waals surface area contributed by atoms with E-state index in [9.17, 15) is 0 Å². The average Bonchev–Trinajstić information content (AvgIpc) is 2.23. The summed E-state index contributed by atoms with van der Waals surface area (Å²) in [6, 6.07) is 0.847. The molecular weight excluding hydrogens is 110 g/mol. The molecule has 1 heteroatoms. The Morgan fingerprint density at radius 1 is 1.33 bits per heavy atom. The number of hydrogen-bond acceptors (Lipinski definition) is 1. The SMILES string of the molecule is CC.CC1CCCN1C. The Bertz CT molecular complexity index is 53.6. The van der Waals surface area contributed by atoms with Crippen LogP contribution in [-0.2, 0) is 0 Å². The molecule has 1 aliphatic rings. The molecule has 1 saturated heterocycles. The van der Waals surface area contributed by atoms with E-state index in [0.29, 0.717) is 0 Å². The second-order valence-corrected chi connectivity index (χ2v) is 2.47. The first-order valence-electron chi connectivity index (χ1n) is 4.01. The fourth-order valence-corrected chi connectivity index (χ4v) is 1.08. The Morgan fingerprint density at radius 2 is 1.89 bits per heavy atom. The van der Waals surface area contributed by atoms with Crippen LogP contribution in [0.25, 0.3) is 0 Å². The maximum absolute atomic E-state index is 2.40. The van der Waals surface area contributed by atoms with Gasteiger partial charge in [-0.2, -0.15) is 0 Å². The Morgan fingerprint density at radius 3 is 2.00 bits per heavy atom. The molecule has 9 heavy (non-hydrogen) atoms. The second-order valence-electron chi connectivity index (χ2n) is 2.47. The van der Waals surface area contributed by atoms with Crippen molar-refractivity contribution >= 4 is 0 Å². The van der Waals surface area contributed by atoms with Gasteiger partial charge in [-0.3, -0.25) is 0 Å². The van der Waals surface area contributed by atoms with Gasteiger partial charge in [-0.15, -0.1) is 0 Å². The molecule has 1 aliphatic heterocycles. The number of nitrogens with zero attached hydrogens (tertiary/aromatic N) is 1. The van der Waals surface area contributed by atoms with Gasteiger partial charge >= 0.3 is 0 Å². The first-order chi connectivity index (χ1) is 4.30. The van der Waals surface area contributed by atoms with Crippen LogP contribution in [0.4, 0.5) is 0 Å². The highest BCUT2D eigenvalue weighted by Crippen LogP contribution is 2.12. The van der Waals surface area contributed by atoms with E-state index in [0.717, 1.165) is 6.04 Å². The molecule has 0 saturated carbocycles. The highest BCUT2D eigenvalue weighted by atomic mass is 15.1. The zero-order valence-corrected chi connectivity index (χ0v) is 7.15. The Labute approximate surface area is 59.1 Å². The monoisotopic (exact) mass is 129 g/mol. The lowest BCUT2D eigenvalue weighted by Gasteiger charge is -2.12. The molecule has 1 fully saturated rings. The molecule has 0 bridgehead atoms. The van der Waals surface area contributed by atoms with Gasteiger partial charge in [-0.05, 0) is 33.4 Å². The molecule has 1 atom stereocenters. The summed E-state index contributed by atoms with van der Waals surface area (Å²) in [5.41, 5.74) is 0. The molecule has 56 valence electrons. The van der Waals surface area contributed by atoms with Crippen molar-refractivity contribution in [3.8, 4) is 0 Å². The summed E-state index contributed by atoms with van der Waals surface area (Å²) >= 11 is 0. The molecule has 1 nitrogen and oxygen atoms in total. The van der Waals surface area contributed by atoms with Crippen molar-refractivity contribution in [3.63, 3.8) is 0 Å². The van der Waals surface area contributed by atoms with E-state index in [1.54, 1.807) is 0 Å². The van der Waals surface area contributed by atoms with Crippen molar-refractivity contribution in [3.05, 3.63) is 0 Å². The van der Waals surface area contributed by atoms with Crippen LogP contribution in [0, 0.1) is 0 Å². The van der Waals surface area contributed by atoms with Crippen LogP contribution in [0.1, 0.15) is 33.6 Å². The Kier molecular flexibility index (Phi) is 4.78. The first-order valence-corrected chi connectivity index (χ1v) is 4.01. The molecular formula is C8H19N. The molecule has 1 rings (SSSR count). The Hall–Kier alpha value is -0.0400. The van der Waals surface area contributed by atoms with Crippen LogP contribution in [-0.4, -0.2) is 24.5 Å². The Balaban J connectivity index is 0.000000291. The third kappa shape index (κ3) is 2.85. The minimum absolute atomic E-state index is 0.847. The summed E-state index contributed by atoms with van der Waals surface area (Å²) in [6.07, 6.45) is 2.80. The van der Waals surface area contributed by atoms with Crippen LogP contribution in [0.3, 0.4) is 0 Å². The minimum Gasteiger partial charge on any atom is -0.304 e. The maximum Gasteiger partial charge on any atom is 0.00643 e. The van der Waals surface area contributed by atoms with Crippen molar-refractivity contribution in [1.29, 1.82) is 0 Å². The van der Waals surface area contributed by atoms with Gasteiger partial charge in [-0.25, -0.2) is 0 Å². The molecule has 0 aromatic carbocycles. The van der Waals surface area contributed by atoms with Gasteiger partial charge in [0.05, 0.1) is 0 Å². The smallest absolute Gasteiger partial charge is 0.00643 e. The third-order valence-corrected chi connectivity index (χ3v) is 1.89. The lowest BCUT2D eigenvalue weighted by molar-refractivity contribution is 0.331. The summed E-state index contributed by atoms with van der Waals surface area (Å²) in [5, 5.41) is 0. The third-order valence-electron chi connectivity index (χ3n) is 1.89. The number of hydrogen-bond donors (Lipinski definition) is 0. The van der Waals surface area contributed by atoms with Crippen molar-refractivity contribution in [2.75, 3.05) is 13.6 Å². The summed E-state index contributed by atoms with van der Waals surface area (Å²) in [5.74, 6) is 0. The molecule has 0 aliphatic carbocycles. The van der Waals surface area contributed by atoms with E-state index in [2.05, 4.69) is 18.9 Å². The fourth-order valence-electron chi connectivity index (χ4n) is 1.08. The van der Waals surface area contributed by atoms with Crippen molar-refractivity contribution in [2.24, 2.45) is 0 Å². The standard InChI is InChI=1S/C6H13N.C2H6/c1-6-4-3-5-7(6)2;1-2/h6H,3-5H2,1-2H3;1-2H3. The van der Waals surface area contributed by atoms with Gasteiger partial charge in [-0.1, -0.05) is 13.8 Å². The van der Waals surface area contributed by atoms with Crippen molar-refractivity contribution < 1.29 is 0 Å². The average molecular weight is 129 g/mol. The van der Waals surface area contributed by atoms with E-state index in [4.69, 9.17) is 0 Å². The molecule has 0 radical (unpaired) electrons. The van der Waals surface area contributed by atoms with E-state index < -0.39 is 0 Å². The maximum atomic E-state index is 2.40. The lowest BCUT2D eigenvalue weighted by atomic mass is 10.3. The molecule has 1 unspecified atom stereocenters. The largest absolute Gasteiger partial charge is 0.304 e. The van der Waals surface area contributed by atoms with Crippen LogP contribution < -0.4 is 0 Å². The van der Waals surface area contributed by atoms with Gasteiger partial charge < -0.3 is 4.90 Å². The zero-order valence-electron chi connectivity index (χ0n) is 7.15.